The summed E-state index contributed by atoms with van der Waals surface area (Å²) in [6.45, 7) is 8.90. The molecule has 0 radical (unpaired) electrons. The first-order valence-electron chi connectivity index (χ1n) is 12.8. The number of nitrogens with two attached hydrogens (primary N) is 1. The molecule has 0 aromatic carbocycles. The van der Waals surface area contributed by atoms with Crippen LogP contribution in [0.15, 0.2) is 10.6 Å². The maximum atomic E-state index is 12.6. The maximum Gasteiger partial charge on any atom is 0.410 e. The summed E-state index contributed by atoms with van der Waals surface area (Å²) in [5.74, 6) is -2.64. The molecule has 13 nitrogen and oxygen atoms in total. The minimum atomic E-state index is -3.94. The predicted octanol–water partition coefficient (Wildman–Crippen LogP) is 2.16. The Balaban J connectivity index is 1.79. The number of carboxylic acid groups (broad SMARTS) is 1. The first kappa shape index (κ1) is 31.5. The summed E-state index contributed by atoms with van der Waals surface area (Å²) in [5.41, 5.74) is 5.26. The minimum Gasteiger partial charge on any atom is -0.480 e. The van der Waals surface area contributed by atoms with Crippen molar-refractivity contribution >= 4 is 27.9 Å². The number of likely N-dealkylation sites (tertiary alicyclic amines) is 1. The summed E-state index contributed by atoms with van der Waals surface area (Å²) >= 11 is 0. The Bertz CT molecular complexity index is 1040. The van der Waals surface area contributed by atoms with E-state index in [2.05, 4.69) is 5.16 Å². The van der Waals surface area contributed by atoms with Crippen molar-refractivity contribution in [2.75, 3.05) is 25.4 Å². The number of piperidine rings is 1. The van der Waals surface area contributed by atoms with Crippen LogP contribution in [0, 0.1) is 5.92 Å². The average Bonchev–Trinajstić information content (AvgIpc) is 3.31. The second-order valence-electron chi connectivity index (χ2n) is 10.4. The number of amides is 1. The number of hydrogen-bond donors (Lipinski definition) is 3. The molecule has 2 unspecified atom stereocenters. The van der Waals surface area contributed by atoms with Gasteiger partial charge in [-0.1, -0.05) is 13.3 Å². The summed E-state index contributed by atoms with van der Waals surface area (Å²) in [6, 6.07) is -2.39. The van der Waals surface area contributed by atoms with E-state index in [9.17, 15) is 27.9 Å². The molecule has 2 heterocycles. The molecule has 0 spiro atoms. The SMILES string of the molecule is CCCCS(=O)(=O)NC(C(=O)O)C(N)C(=O)c1cc(OCCCC2CCN(C(=O)OC(C)(C)C)CC2)no1. The van der Waals surface area contributed by atoms with E-state index in [1.807, 2.05) is 25.5 Å². The third kappa shape index (κ3) is 10.2. The molecule has 1 saturated heterocycles. The molecule has 2 atom stereocenters. The molecule has 1 aliphatic rings. The number of nitrogens with zero attached hydrogens (tertiary/aromatic N) is 2. The number of aromatic nitrogens is 1. The quantitative estimate of drug-likeness (QED) is 0.223. The number of ether oxygens (including phenoxy) is 2. The smallest absolute Gasteiger partial charge is 0.410 e. The lowest BCUT2D eigenvalue weighted by Crippen LogP contribution is -2.56. The van der Waals surface area contributed by atoms with Crippen molar-refractivity contribution in [3.8, 4) is 5.88 Å². The van der Waals surface area contributed by atoms with Gasteiger partial charge in [-0.05, 0) is 63.9 Å². The normalized spacial score (nSPS) is 16.6. The Kier molecular flexibility index (Phi) is 11.5. The van der Waals surface area contributed by atoms with Crippen LogP contribution in [0.25, 0.3) is 0 Å². The number of rotatable bonds is 14. The lowest BCUT2D eigenvalue weighted by atomic mass is 9.92. The van der Waals surface area contributed by atoms with Crippen LogP contribution in [-0.4, -0.2) is 84.6 Å². The Morgan fingerprint density at radius 2 is 1.92 bits per heavy atom. The van der Waals surface area contributed by atoms with Crippen LogP contribution in [0.4, 0.5) is 4.79 Å². The third-order valence-electron chi connectivity index (χ3n) is 6.01. The fraction of sp³-hybridized carbons (Fsp3) is 0.750. The molecule has 4 N–H and O–H groups in total. The number of carboxylic acids is 1. The van der Waals surface area contributed by atoms with E-state index < -0.39 is 39.5 Å². The van der Waals surface area contributed by atoms with E-state index in [1.165, 1.54) is 6.07 Å². The van der Waals surface area contributed by atoms with Gasteiger partial charge >= 0.3 is 12.1 Å². The molecular formula is C24H40N4O9S. The highest BCUT2D eigenvalue weighted by Crippen LogP contribution is 2.24. The van der Waals surface area contributed by atoms with Gasteiger partial charge in [-0.3, -0.25) is 9.59 Å². The van der Waals surface area contributed by atoms with E-state index >= 15 is 0 Å². The lowest BCUT2D eigenvalue weighted by Gasteiger charge is -2.33. The maximum absolute atomic E-state index is 12.6. The van der Waals surface area contributed by atoms with E-state index in [0.717, 1.165) is 19.3 Å². The number of sulfonamides is 1. The van der Waals surface area contributed by atoms with Crippen LogP contribution >= 0.6 is 0 Å². The van der Waals surface area contributed by atoms with Gasteiger partial charge in [-0.25, -0.2) is 13.2 Å². The number of Topliss-reactive ketones (excluding diaryl/α,β-unsaturated/α-hetero) is 1. The van der Waals surface area contributed by atoms with Crippen molar-refractivity contribution < 1.29 is 41.9 Å². The molecular weight excluding hydrogens is 520 g/mol. The summed E-state index contributed by atoms with van der Waals surface area (Å²) in [4.78, 5) is 38.1. The summed E-state index contributed by atoms with van der Waals surface area (Å²) in [5, 5.41) is 13.1. The van der Waals surface area contributed by atoms with Gasteiger partial charge in [0.05, 0.1) is 24.5 Å². The van der Waals surface area contributed by atoms with Gasteiger partial charge < -0.3 is 29.7 Å². The van der Waals surface area contributed by atoms with Gasteiger partial charge in [-0.15, -0.1) is 0 Å². The Labute approximate surface area is 223 Å². The molecule has 1 amide bonds. The zero-order valence-corrected chi connectivity index (χ0v) is 23.3. The standard InChI is InChI=1S/C24H40N4O9S/c1-5-6-14-38(33,34)27-20(22(30)31)19(25)21(29)17-15-18(26-37-17)35-13-7-8-16-9-11-28(12-10-16)23(32)36-24(2,3)4/h15-16,19-20,27H,5-14,25H2,1-4H3,(H,30,31). The predicted molar refractivity (Wildman–Crippen MR) is 137 cm³/mol. The molecule has 1 aromatic rings. The first-order chi connectivity index (χ1) is 17.7. The number of aliphatic carboxylic acids is 1. The fourth-order valence-corrected chi connectivity index (χ4v) is 5.32. The first-order valence-corrected chi connectivity index (χ1v) is 14.5. The molecule has 1 fully saturated rings. The van der Waals surface area contributed by atoms with Crippen LogP contribution in [0.1, 0.15) is 76.8 Å². The zero-order chi connectivity index (χ0) is 28.5. The van der Waals surface area contributed by atoms with Crippen LogP contribution < -0.4 is 15.2 Å². The Hall–Kier alpha value is -2.71. The molecule has 1 aliphatic heterocycles. The zero-order valence-electron chi connectivity index (χ0n) is 22.5. The summed E-state index contributed by atoms with van der Waals surface area (Å²) < 4.78 is 42.1. The molecule has 0 aliphatic carbocycles. The molecule has 0 saturated carbocycles. The number of ketones is 1. The minimum absolute atomic E-state index is 0.0377. The van der Waals surface area contributed by atoms with Crippen LogP contribution in [-0.2, 0) is 19.6 Å². The van der Waals surface area contributed by atoms with Gasteiger partial charge in [0.15, 0.2) is 0 Å². The largest absolute Gasteiger partial charge is 0.480 e. The Morgan fingerprint density at radius 3 is 2.50 bits per heavy atom. The highest BCUT2D eigenvalue weighted by atomic mass is 32.2. The summed E-state index contributed by atoms with van der Waals surface area (Å²) in [6.07, 6.45) is 3.97. The third-order valence-corrected chi connectivity index (χ3v) is 7.44. The Morgan fingerprint density at radius 1 is 1.26 bits per heavy atom. The summed E-state index contributed by atoms with van der Waals surface area (Å²) in [7, 11) is -3.94. The van der Waals surface area contributed by atoms with Crippen LogP contribution in [0.3, 0.4) is 0 Å². The average molecular weight is 561 g/mol. The molecule has 1 aromatic heterocycles. The van der Waals surface area contributed by atoms with E-state index in [1.54, 1.807) is 11.8 Å². The highest BCUT2D eigenvalue weighted by molar-refractivity contribution is 7.89. The van der Waals surface area contributed by atoms with Crippen molar-refractivity contribution in [3.63, 3.8) is 0 Å². The van der Waals surface area contributed by atoms with E-state index in [4.69, 9.17) is 19.7 Å². The topological polar surface area (TPSA) is 191 Å². The number of nitrogens with one attached hydrogen (secondary N) is 1. The van der Waals surface area contributed by atoms with Crippen molar-refractivity contribution in [3.05, 3.63) is 11.8 Å². The van der Waals surface area contributed by atoms with E-state index in [0.29, 0.717) is 44.9 Å². The molecule has 14 heteroatoms. The second kappa shape index (κ2) is 13.9. The molecule has 38 heavy (non-hydrogen) atoms. The molecule has 0 bridgehead atoms. The van der Waals surface area contributed by atoms with Crippen molar-refractivity contribution in [2.45, 2.75) is 83.9 Å². The number of unbranched alkanes of at least 4 members (excludes halogenated alkanes) is 1. The lowest BCUT2D eigenvalue weighted by molar-refractivity contribution is -0.139. The molecule has 2 rings (SSSR count). The van der Waals surface area contributed by atoms with Crippen molar-refractivity contribution in [1.82, 2.24) is 14.8 Å². The number of hydrogen-bond acceptors (Lipinski definition) is 10. The van der Waals surface area contributed by atoms with Gasteiger partial charge in [0.1, 0.15) is 11.6 Å². The van der Waals surface area contributed by atoms with Crippen LogP contribution in [0.5, 0.6) is 5.88 Å². The molecule has 216 valence electrons. The van der Waals surface area contributed by atoms with Crippen molar-refractivity contribution in [1.29, 1.82) is 0 Å². The monoisotopic (exact) mass is 560 g/mol. The number of carbonyl (C=O) groups excluding carboxylic acids is 2. The van der Waals surface area contributed by atoms with Gasteiger partial charge in [0.2, 0.25) is 21.6 Å². The second-order valence-corrected chi connectivity index (χ2v) is 12.3. The highest BCUT2D eigenvalue weighted by Gasteiger charge is 2.36. The van der Waals surface area contributed by atoms with E-state index in [-0.39, 0.29) is 23.5 Å². The van der Waals surface area contributed by atoms with Gasteiger partial charge in [-0.2, -0.15) is 4.72 Å². The van der Waals surface area contributed by atoms with Gasteiger partial charge in [0, 0.05) is 13.1 Å². The van der Waals surface area contributed by atoms with Crippen LogP contribution in [0.2, 0.25) is 0 Å². The van der Waals surface area contributed by atoms with Crippen molar-refractivity contribution in [2.24, 2.45) is 11.7 Å². The van der Waals surface area contributed by atoms with Gasteiger partial charge in [0.25, 0.3) is 5.88 Å². The number of carbonyl (C=O) groups is 3. The fourth-order valence-electron chi connectivity index (χ4n) is 3.90.